The Hall–Kier alpha value is -1.86. The number of rotatable bonds is 3. The zero-order chi connectivity index (χ0) is 13.1. The van der Waals surface area contributed by atoms with Gasteiger partial charge in [0, 0.05) is 5.56 Å². The number of benzene rings is 1. The van der Waals surface area contributed by atoms with Crippen molar-refractivity contribution in [1.82, 2.24) is 4.98 Å². The van der Waals surface area contributed by atoms with Gasteiger partial charge in [-0.1, -0.05) is 6.92 Å². The lowest BCUT2D eigenvalue weighted by atomic mass is 10.0. The molecule has 0 fully saturated rings. The van der Waals surface area contributed by atoms with Gasteiger partial charge in [0.1, 0.15) is 16.7 Å². The van der Waals surface area contributed by atoms with Crippen LogP contribution >= 0.6 is 11.3 Å². The van der Waals surface area contributed by atoms with E-state index in [2.05, 4.69) is 18.0 Å². The van der Waals surface area contributed by atoms with E-state index in [0.29, 0.717) is 4.88 Å². The molecule has 1 aromatic heterocycles. The largest absolute Gasteiger partial charge is 0.496 e. The minimum atomic E-state index is 0.666. The van der Waals surface area contributed by atoms with Gasteiger partial charge in [-0.3, -0.25) is 0 Å². The summed E-state index contributed by atoms with van der Waals surface area (Å²) in [5.74, 6) is 0.881. The summed E-state index contributed by atoms with van der Waals surface area (Å²) in [7, 11) is 1.67. The van der Waals surface area contributed by atoms with Crippen LogP contribution in [0.25, 0.3) is 11.3 Å². The summed E-state index contributed by atoms with van der Waals surface area (Å²) in [6.07, 6.45) is 0.891. The molecule has 92 valence electrons. The predicted molar refractivity (Wildman–Crippen MR) is 72.9 cm³/mol. The highest BCUT2D eigenvalue weighted by Crippen LogP contribution is 2.31. The molecule has 0 amide bonds. The van der Waals surface area contributed by atoms with Gasteiger partial charge >= 0.3 is 0 Å². The second kappa shape index (κ2) is 5.19. The minimum Gasteiger partial charge on any atom is -0.496 e. The predicted octanol–water partition coefficient (Wildman–Crippen LogP) is 3.56. The van der Waals surface area contributed by atoms with Gasteiger partial charge in [0.2, 0.25) is 0 Å². The molecule has 0 N–H and O–H groups in total. The van der Waals surface area contributed by atoms with Crippen LogP contribution in [-0.4, -0.2) is 12.1 Å². The summed E-state index contributed by atoms with van der Waals surface area (Å²) in [5, 5.41) is 10.0. The Bertz CT molecular complexity index is 611. The number of nitriles is 1. The first-order chi connectivity index (χ1) is 8.69. The lowest BCUT2D eigenvalue weighted by Crippen LogP contribution is -1.92. The topological polar surface area (TPSA) is 45.9 Å². The van der Waals surface area contributed by atoms with Crippen molar-refractivity contribution in [2.45, 2.75) is 20.3 Å². The lowest BCUT2D eigenvalue weighted by molar-refractivity contribution is 0.410. The number of aromatic nitrogens is 1. The molecule has 0 aliphatic carbocycles. The Morgan fingerprint density at radius 1 is 1.44 bits per heavy atom. The third kappa shape index (κ3) is 2.22. The standard InChI is InChI=1S/C14H14N2OS/c1-4-10-7-11(5-6-12(10)17-3)14-13(8-15)18-9(2)16-14/h5-7H,4H2,1-3H3. The highest BCUT2D eigenvalue weighted by molar-refractivity contribution is 7.12. The third-order valence-corrected chi connectivity index (χ3v) is 3.65. The Labute approximate surface area is 111 Å². The zero-order valence-corrected chi connectivity index (χ0v) is 11.5. The first-order valence-corrected chi connectivity index (χ1v) is 6.56. The minimum absolute atomic E-state index is 0.666. The van der Waals surface area contributed by atoms with E-state index in [9.17, 15) is 0 Å². The maximum atomic E-state index is 9.12. The van der Waals surface area contributed by atoms with Crippen LogP contribution in [0.5, 0.6) is 5.75 Å². The van der Waals surface area contributed by atoms with Gasteiger partial charge in [0.05, 0.1) is 17.8 Å². The summed E-state index contributed by atoms with van der Waals surface area (Å²) < 4.78 is 5.31. The Morgan fingerprint density at radius 2 is 2.22 bits per heavy atom. The monoisotopic (exact) mass is 258 g/mol. The van der Waals surface area contributed by atoms with E-state index in [0.717, 1.165) is 34.0 Å². The van der Waals surface area contributed by atoms with Gasteiger partial charge < -0.3 is 4.74 Å². The molecule has 4 heteroatoms. The van der Waals surface area contributed by atoms with Crippen molar-refractivity contribution in [1.29, 1.82) is 5.26 Å². The van der Waals surface area contributed by atoms with Gasteiger partial charge in [-0.25, -0.2) is 4.98 Å². The van der Waals surface area contributed by atoms with Crippen molar-refractivity contribution in [3.05, 3.63) is 33.6 Å². The van der Waals surface area contributed by atoms with Crippen molar-refractivity contribution >= 4 is 11.3 Å². The fourth-order valence-corrected chi connectivity index (χ4v) is 2.64. The molecule has 0 saturated heterocycles. The molecule has 2 rings (SSSR count). The van der Waals surface area contributed by atoms with E-state index in [-0.39, 0.29) is 0 Å². The van der Waals surface area contributed by atoms with E-state index in [4.69, 9.17) is 10.00 Å². The quantitative estimate of drug-likeness (QED) is 0.845. The second-order valence-electron chi connectivity index (χ2n) is 3.90. The highest BCUT2D eigenvalue weighted by atomic mass is 32.1. The molecule has 18 heavy (non-hydrogen) atoms. The van der Waals surface area contributed by atoms with Crippen molar-refractivity contribution in [2.24, 2.45) is 0 Å². The Balaban J connectivity index is 2.54. The third-order valence-electron chi connectivity index (χ3n) is 2.77. The lowest BCUT2D eigenvalue weighted by Gasteiger charge is -2.08. The number of methoxy groups -OCH3 is 1. The van der Waals surface area contributed by atoms with Crippen molar-refractivity contribution in [3.8, 4) is 23.1 Å². The van der Waals surface area contributed by atoms with E-state index in [1.54, 1.807) is 7.11 Å². The van der Waals surface area contributed by atoms with Crippen LogP contribution in [0.15, 0.2) is 18.2 Å². The number of thiazole rings is 1. The molecule has 0 radical (unpaired) electrons. The zero-order valence-electron chi connectivity index (χ0n) is 10.7. The van der Waals surface area contributed by atoms with Crippen LogP contribution < -0.4 is 4.74 Å². The maximum absolute atomic E-state index is 9.12. The van der Waals surface area contributed by atoms with Crippen LogP contribution in [0.4, 0.5) is 0 Å². The molecule has 0 aliphatic rings. The Morgan fingerprint density at radius 3 is 2.83 bits per heavy atom. The number of hydrogen-bond donors (Lipinski definition) is 0. The molecule has 0 bridgehead atoms. The molecule has 0 atom stereocenters. The van der Waals surface area contributed by atoms with E-state index in [1.807, 2.05) is 25.1 Å². The molecule has 0 unspecified atom stereocenters. The van der Waals surface area contributed by atoms with Gasteiger partial charge in [0.15, 0.2) is 0 Å². The Kier molecular flexibility index (Phi) is 3.63. The normalized spacial score (nSPS) is 10.1. The second-order valence-corrected chi connectivity index (χ2v) is 5.11. The van der Waals surface area contributed by atoms with Gasteiger partial charge in [-0.15, -0.1) is 11.3 Å². The molecular weight excluding hydrogens is 244 g/mol. The van der Waals surface area contributed by atoms with Gasteiger partial charge in [-0.05, 0) is 37.1 Å². The first kappa shape index (κ1) is 12.6. The number of hydrogen-bond acceptors (Lipinski definition) is 4. The van der Waals surface area contributed by atoms with Crippen LogP contribution in [0, 0.1) is 18.3 Å². The van der Waals surface area contributed by atoms with Crippen LogP contribution in [-0.2, 0) is 6.42 Å². The van der Waals surface area contributed by atoms with Gasteiger partial charge in [-0.2, -0.15) is 5.26 Å². The van der Waals surface area contributed by atoms with Crippen LogP contribution in [0.2, 0.25) is 0 Å². The summed E-state index contributed by atoms with van der Waals surface area (Å²) in [5.41, 5.74) is 2.88. The molecule has 1 aromatic carbocycles. The van der Waals surface area contributed by atoms with E-state index in [1.165, 1.54) is 11.3 Å². The molecule has 0 saturated carbocycles. The molecule has 2 aromatic rings. The number of nitrogens with zero attached hydrogens (tertiary/aromatic N) is 2. The van der Waals surface area contributed by atoms with Crippen LogP contribution in [0.3, 0.4) is 0 Å². The molecule has 0 spiro atoms. The van der Waals surface area contributed by atoms with E-state index >= 15 is 0 Å². The fraction of sp³-hybridized carbons (Fsp3) is 0.286. The van der Waals surface area contributed by atoms with Crippen LogP contribution in [0.1, 0.15) is 22.4 Å². The average Bonchev–Trinajstić information content (AvgIpc) is 2.79. The van der Waals surface area contributed by atoms with E-state index < -0.39 is 0 Å². The number of ether oxygens (including phenoxy) is 1. The average molecular weight is 258 g/mol. The SMILES string of the molecule is CCc1cc(-c2nc(C)sc2C#N)ccc1OC. The van der Waals surface area contributed by atoms with Crippen molar-refractivity contribution < 1.29 is 4.74 Å². The molecule has 1 heterocycles. The van der Waals surface area contributed by atoms with Crippen molar-refractivity contribution in [3.63, 3.8) is 0 Å². The fourth-order valence-electron chi connectivity index (χ4n) is 1.90. The highest BCUT2D eigenvalue weighted by Gasteiger charge is 2.12. The van der Waals surface area contributed by atoms with Gasteiger partial charge in [0.25, 0.3) is 0 Å². The maximum Gasteiger partial charge on any atom is 0.132 e. The first-order valence-electron chi connectivity index (χ1n) is 5.74. The molecular formula is C14H14N2OS. The molecule has 0 aliphatic heterocycles. The summed E-state index contributed by atoms with van der Waals surface area (Å²) in [6.45, 7) is 4.00. The summed E-state index contributed by atoms with van der Waals surface area (Å²) >= 11 is 1.43. The molecule has 3 nitrogen and oxygen atoms in total. The summed E-state index contributed by atoms with van der Waals surface area (Å²) in [6, 6.07) is 8.14. The van der Waals surface area contributed by atoms with Crippen molar-refractivity contribution in [2.75, 3.05) is 7.11 Å². The smallest absolute Gasteiger partial charge is 0.132 e. The number of aryl methyl sites for hydroxylation is 2. The summed E-state index contributed by atoms with van der Waals surface area (Å²) in [4.78, 5) is 5.10.